The molecule has 0 bridgehead atoms. The lowest BCUT2D eigenvalue weighted by atomic mass is 9.98. The molecule has 428 valence electrons. The lowest BCUT2D eigenvalue weighted by Gasteiger charge is -2.35. The summed E-state index contributed by atoms with van der Waals surface area (Å²) < 4.78 is 50.8. The number of carbonyl (C=O) groups is 6. The molecule has 3 amide bonds. The Labute approximate surface area is 459 Å². The summed E-state index contributed by atoms with van der Waals surface area (Å²) in [6.45, 7) is 11.3. The van der Waals surface area contributed by atoms with Gasteiger partial charge in [-0.15, -0.1) is 0 Å². The maximum absolute atomic E-state index is 16.1. The van der Waals surface area contributed by atoms with E-state index in [-0.39, 0.29) is 56.2 Å². The number of esters is 3. The standard InChI is InChI=1S/C60H90N3O13P/c1-10-13-16-19-22-34-52(64)61-58(49-31-25-28-46(37-49)40-55(67)71-7)43(4)74-77(70,75-44(5)59(62-53(65)35-23-20-17-14-11-2)50-32-26-29-47(38-50)41-56(68)72-8)76-45(6)60(63-54(66)36-24-21-18-15-12-3)51-33-27-30-48(39-51)42-57(69)73-9/h25-33,37-39,43-45,58-60H,10-24,34-36,40-42H2,1-9H3,(H,61,64)(H,62,65)(H,63,66). The van der Waals surface area contributed by atoms with Crippen LogP contribution in [0.4, 0.5) is 0 Å². The van der Waals surface area contributed by atoms with E-state index in [2.05, 4.69) is 36.7 Å². The molecule has 6 atom stereocenters. The van der Waals surface area contributed by atoms with E-state index in [4.69, 9.17) is 27.8 Å². The fourth-order valence-corrected chi connectivity index (χ4v) is 10.8. The van der Waals surface area contributed by atoms with Gasteiger partial charge >= 0.3 is 25.7 Å². The Bertz CT molecular complexity index is 2080. The van der Waals surface area contributed by atoms with Crippen molar-refractivity contribution in [3.63, 3.8) is 0 Å². The van der Waals surface area contributed by atoms with Gasteiger partial charge in [-0.25, -0.2) is 4.57 Å². The first-order valence-electron chi connectivity index (χ1n) is 28.0. The molecule has 6 unspecified atom stereocenters. The van der Waals surface area contributed by atoms with Gasteiger partial charge in [0.2, 0.25) is 17.7 Å². The van der Waals surface area contributed by atoms with E-state index in [1.54, 1.807) is 93.6 Å². The zero-order valence-electron chi connectivity index (χ0n) is 47.5. The molecule has 0 fully saturated rings. The van der Waals surface area contributed by atoms with Crippen molar-refractivity contribution in [1.82, 2.24) is 16.0 Å². The number of phosphoric ester groups is 1. The minimum atomic E-state index is -4.94. The maximum atomic E-state index is 16.1. The number of hydrogen-bond acceptors (Lipinski definition) is 13. The Morgan fingerprint density at radius 2 is 0.675 bits per heavy atom. The molecule has 0 saturated heterocycles. The summed E-state index contributed by atoms with van der Waals surface area (Å²) in [4.78, 5) is 79.0. The molecule has 3 aromatic rings. The summed E-state index contributed by atoms with van der Waals surface area (Å²) in [6, 6.07) is 18.2. The molecule has 0 saturated carbocycles. The van der Waals surface area contributed by atoms with Gasteiger partial charge in [-0.1, -0.05) is 171 Å². The monoisotopic (exact) mass is 1090 g/mol. The highest BCUT2D eigenvalue weighted by Crippen LogP contribution is 2.56. The molecule has 16 nitrogen and oxygen atoms in total. The minimum Gasteiger partial charge on any atom is -0.469 e. The van der Waals surface area contributed by atoms with Crippen LogP contribution >= 0.6 is 7.82 Å². The van der Waals surface area contributed by atoms with Crippen LogP contribution in [0.1, 0.15) is 209 Å². The number of unbranched alkanes of at least 4 members (excludes halogenated alkanes) is 12. The van der Waals surface area contributed by atoms with Gasteiger partial charge in [0.15, 0.2) is 0 Å². The van der Waals surface area contributed by atoms with Gasteiger partial charge in [-0.2, -0.15) is 0 Å². The van der Waals surface area contributed by atoms with Crippen molar-refractivity contribution in [3.8, 4) is 0 Å². The van der Waals surface area contributed by atoms with Crippen LogP contribution in [0.2, 0.25) is 0 Å². The van der Waals surface area contributed by atoms with E-state index in [0.29, 0.717) is 52.6 Å². The zero-order chi connectivity index (χ0) is 56.6. The van der Waals surface area contributed by atoms with Gasteiger partial charge < -0.3 is 30.2 Å². The third-order valence-electron chi connectivity index (χ3n) is 13.4. The van der Waals surface area contributed by atoms with Crippen molar-refractivity contribution >= 4 is 43.5 Å². The third-order valence-corrected chi connectivity index (χ3v) is 15.2. The van der Waals surface area contributed by atoms with E-state index in [0.717, 1.165) is 77.0 Å². The SMILES string of the molecule is CCCCCCCC(=O)NC(c1cccc(CC(=O)OC)c1)C(C)OP(=O)(OC(C)C(NC(=O)CCCCCCC)c1cccc(CC(=O)OC)c1)OC(C)C(NC(=O)CCCCCCC)c1cccc(CC(=O)OC)c1. The molecule has 0 aromatic heterocycles. The van der Waals surface area contributed by atoms with Crippen LogP contribution in [0.25, 0.3) is 0 Å². The second kappa shape index (κ2) is 36.6. The van der Waals surface area contributed by atoms with Crippen LogP contribution in [-0.4, -0.2) is 75.3 Å². The second-order valence-corrected chi connectivity index (χ2v) is 21.5. The highest BCUT2D eigenvalue weighted by atomic mass is 31.2. The Kier molecular flexibility index (Phi) is 31.3. The van der Waals surface area contributed by atoms with Crippen LogP contribution in [0.3, 0.4) is 0 Å². The van der Waals surface area contributed by atoms with Crippen molar-refractivity contribution in [1.29, 1.82) is 0 Å². The summed E-state index contributed by atoms with van der Waals surface area (Å²) in [5.41, 5.74) is 3.46. The average Bonchev–Trinajstić information content (AvgIpc) is 3.41. The lowest BCUT2D eigenvalue weighted by molar-refractivity contribution is -0.140. The number of nitrogens with one attached hydrogen (secondary N) is 3. The molecule has 0 aliphatic heterocycles. The van der Waals surface area contributed by atoms with Crippen LogP contribution < -0.4 is 16.0 Å². The van der Waals surface area contributed by atoms with Gasteiger partial charge in [0, 0.05) is 19.3 Å². The number of amides is 3. The quantitative estimate of drug-likeness (QED) is 0.0210. The van der Waals surface area contributed by atoms with E-state index < -0.39 is 62.2 Å². The fourth-order valence-electron chi connectivity index (χ4n) is 9.09. The topological polar surface area (TPSA) is 211 Å². The number of rotatable bonds is 39. The van der Waals surface area contributed by atoms with E-state index in [1.165, 1.54) is 21.3 Å². The van der Waals surface area contributed by atoms with Crippen molar-refractivity contribution < 1.29 is 61.1 Å². The van der Waals surface area contributed by atoms with Gasteiger partial charge in [0.25, 0.3) is 0 Å². The first-order valence-corrected chi connectivity index (χ1v) is 29.4. The van der Waals surface area contributed by atoms with E-state index in [1.807, 2.05) is 0 Å². The number of carbonyl (C=O) groups excluding carboxylic acids is 6. The molecular weight excluding hydrogens is 1000 g/mol. The number of methoxy groups -OCH3 is 3. The number of hydrogen-bond donors (Lipinski definition) is 3. The highest BCUT2D eigenvalue weighted by molar-refractivity contribution is 7.48. The van der Waals surface area contributed by atoms with Crippen LogP contribution in [-0.2, 0) is 80.4 Å². The summed E-state index contributed by atoms with van der Waals surface area (Å²) in [7, 11) is -1.02. The van der Waals surface area contributed by atoms with Crippen molar-refractivity contribution in [2.75, 3.05) is 21.3 Å². The zero-order valence-corrected chi connectivity index (χ0v) is 48.4. The summed E-state index contributed by atoms with van der Waals surface area (Å²) in [5.74, 6) is -2.20. The van der Waals surface area contributed by atoms with Gasteiger partial charge in [0.05, 0.1) is 77.0 Å². The summed E-state index contributed by atoms with van der Waals surface area (Å²) in [6.07, 6.45) is 10.9. The molecule has 3 rings (SSSR count). The maximum Gasteiger partial charge on any atom is 0.475 e. The molecule has 0 heterocycles. The minimum absolute atomic E-state index is 0.0449. The molecule has 77 heavy (non-hydrogen) atoms. The smallest absolute Gasteiger partial charge is 0.469 e. The molecule has 0 radical (unpaired) electrons. The Morgan fingerprint density at radius 3 is 0.922 bits per heavy atom. The normalized spacial score (nSPS) is 14.4. The molecular formula is C60H90N3O13P. The third kappa shape index (κ3) is 25.3. The number of ether oxygens (including phenoxy) is 3. The Balaban J connectivity index is 2.23. The van der Waals surface area contributed by atoms with Crippen molar-refractivity contribution in [2.24, 2.45) is 0 Å². The van der Waals surface area contributed by atoms with Gasteiger partial charge in [0.1, 0.15) is 0 Å². The molecule has 17 heteroatoms. The predicted octanol–water partition coefficient (Wildman–Crippen LogP) is 12.1. The van der Waals surface area contributed by atoms with Gasteiger partial charge in [-0.05, 0) is 73.4 Å². The summed E-state index contributed by atoms with van der Waals surface area (Å²) >= 11 is 0. The number of benzene rings is 3. The fraction of sp³-hybridized carbons (Fsp3) is 0.600. The lowest BCUT2D eigenvalue weighted by Crippen LogP contribution is -2.39. The molecule has 3 aromatic carbocycles. The van der Waals surface area contributed by atoms with E-state index in [9.17, 15) is 28.8 Å². The van der Waals surface area contributed by atoms with Crippen LogP contribution in [0.5, 0.6) is 0 Å². The summed E-state index contributed by atoms with van der Waals surface area (Å²) in [5, 5.41) is 9.34. The molecule has 0 aliphatic rings. The Morgan fingerprint density at radius 1 is 0.416 bits per heavy atom. The molecule has 0 spiro atoms. The number of phosphoric acid groups is 1. The first-order chi connectivity index (χ1) is 37.0. The van der Waals surface area contributed by atoms with Gasteiger partial charge in [-0.3, -0.25) is 42.3 Å². The first kappa shape index (κ1) is 65.9. The average molecular weight is 1090 g/mol. The second-order valence-electron chi connectivity index (χ2n) is 20.0. The molecule has 3 N–H and O–H groups in total. The largest absolute Gasteiger partial charge is 0.475 e. The van der Waals surface area contributed by atoms with Crippen LogP contribution in [0, 0.1) is 0 Å². The van der Waals surface area contributed by atoms with Crippen LogP contribution in [0.15, 0.2) is 72.8 Å². The predicted molar refractivity (Wildman–Crippen MR) is 299 cm³/mol. The van der Waals surface area contributed by atoms with Crippen molar-refractivity contribution in [3.05, 3.63) is 106 Å². The van der Waals surface area contributed by atoms with E-state index >= 15 is 4.57 Å². The highest BCUT2D eigenvalue weighted by Gasteiger charge is 2.41. The Hall–Kier alpha value is -5.41. The molecule has 0 aliphatic carbocycles. The van der Waals surface area contributed by atoms with Crippen molar-refractivity contribution in [2.45, 2.75) is 213 Å².